The Labute approximate surface area is 165 Å². The molecule has 2 aromatic carbocycles. The number of aryl methyl sites for hydroxylation is 1. The molecule has 0 radical (unpaired) electrons. The number of rotatable bonds is 6. The highest BCUT2D eigenvalue weighted by Gasteiger charge is 2.19. The number of anilines is 2. The van der Waals surface area contributed by atoms with Crippen molar-refractivity contribution in [2.45, 2.75) is 26.3 Å². The summed E-state index contributed by atoms with van der Waals surface area (Å²) in [7, 11) is 0. The fourth-order valence-corrected chi connectivity index (χ4v) is 3.34. The van der Waals surface area contributed by atoms with E-state index < -0.39 is 0 Å². The van der Waals surface area contributed by atoms with Crippen molar-refractivity contribution in [1.29, 1.82) is 0 Å². The topological polar surface area (TPSA) is 70.7 Å². The zero-order valence-electron chi connectivity index (χ0n) is 16.4. The van der Waals surface area contributed by atoms with E-state index in [0.29, 0.717) is 13.2 Å². The Morgan fingerprint density at radius 3 is 2.43 bits per heavy atom. The highest BCUT2D eigenvalue weighted by atomic mass is 16.5. The lowest BCUT2D eigenvalue weighted by molar-refractivity contribution is -0.120. The first-order chi connectivity index (χ1) is 13.5. The summed E-state index contributed by atoms with van der Waals surface area (Å²) in [5.74, 6) is -0.299. The van der Waals surface area contributed by atoms with Crippen LogP contribution in [0.3, 0.4) is 0 Å². The second-order valence-corrected chi connectivity index (χ2v) is 7.03. The van der Waals surface area contributed by atoms with Crippen molar-refractivity contribution in [3.8, 4) is 0 Å². The van der Waals surface area contributed by atoms with Crippen LogP contribution in [0.25, 0.3) is 0 Å². The second-order valence-electron chi connectivity index (χ2n) is 7.03. The minimum Gasteiger partial charge on any atom is -0.378 e. The van der Waals surface area contributed by atoms with Crippen molar-refractivity contribution >= 4 is 23.2 Å². The first kappa shape index (κ1) is 19.9. The number of amides is 2. The van der Waals surface area contributed by atoms with Crippen molar-refractivity contribution in [1.82, 2.24) is 5.32 Å². The predicted octanol–water partition coefficient (Wildman–Crippen LogP) is 3.04. The van der Waals surface area contributed by atoms with E-state index >= 15 is 0 Å². The number of hydrogen-bond acceptors (Lipinski definition) is 4. The van der Waals surface area contributed by atoms with Crippen LogP contribution in [0.5, 0.6) is 0 Å². The van der Waals surface area contributed by atoms with Crippen LogP contribution in [-0.4, -0.2) is 38.1 Å². The molecular formula is C22H27N3O3. The molecule has 1 fully saturated rings. The van der Waals surface area contributed by atoms with Crippen LogP contribution in [0.15, 0.2) is 48.5 Å². The van der Waals surface area contributed by atoms with Crippen molar-refractivity contribution in [2.75, 3.05) is 36.5 Å². The van der Waals surface area contributed by atoms with Crippen LogP contribution >= 0.6 is 0 Å². The Morgan fingerprint density at radius 1 is 1.07 bits per heavy atom. The SMILES string of the molecule is CC(=O)NC(CC(=O)Nc1ccccc1N1CCOCC1)c1ccc(C)cc1. The van der Waals surface area contributed by atoms with Gasteiger partial charge in [0.05, 0.1) is 37.1 Å². The van der Waals surface area contributed by atoms with Gasteiger partial charge in [0.2, 0.25) is 11.8 Å². The van der Waals surface area contributed by atoms with Gasteiger partial charge >= 0.3 is 0 Å². The number of carbonyl (C=O) groups excluding carboxylic acids is 2. The van der Waals surface area contributed by atoms with Gasteiger partial charge in [-0.1, -0.05) is 42.0 Å². The van der Waals surface area contributed by atoms with E-state index in [2.05, 4.69) is 15.5 Å². The number of para-hydroxylation sites is 2. The molecule has 2 amide bonds. The van der Waals surface area contributed by atoms with E-state index in [4.69, 9.17) is 4.74 Å². The minimum atomic E-state index is -0.367. The largest absolute Gasteiger partial charge is 0.378 e. The van der Waals surface area contributed by atoms with E-state index in [1.165, 1.54) is 6.92 Å². The van der Waals surface area contributed by atoms with Crippen LogP contribution in [-0.2, 0) is 14.3 Å². The maximum atomic E-state index is 12.8. The number of nitrogens with zero attached hydrogens (tertiary/aromatic N) is 1. The Kier molecular flexibility index (Phi) is 6.66. The van der Waals surface area contributed by atoms with Crippen LogP contribution in [0.1, 0.15) is 30.5 Å². The Bertz CT molecular complexity index is 814. The van der Waals surface area contributed by atoms with Crippen LogP contribution in [0.2, 0.25) is 0 Å². The van der Waals surface area contributed by atoms with E-state index in [1.54, 1.807) is 0 Å². The molecule has 0 aromatic heterocycles. The van der Waals surface area contributed by atoms with Crippen molar-refractivity contribution in [3.63, 3.8) is 0 Å². The third kappa shape index (κ3) is 5.33. The smallest absolute Gasteiger partial charge is 0.226 e. The average Bonchev–Trinajstić information content (AvgIpc) is 2.69. The molecule has 6 nitrogen and oxygen atoms in total. The number of carbonyl (C=O) groups is 2. The first-order valence-electron chi connectivity index (χ1n) is 9.58. The second kappa shape index (κ2) is 9.37. The summed E-state index contributed by atoms with van der Waals surface area (Å²) in [5.41, 5.74) is 3.82. The highest BCUT2D eigenvalue weighted by Crippen LogP contribution is 2.27. The van der Waals surface area contributed by atoms with Crippen molar-refractivity contribution in [2.24, 2.45) is 0 Å². The number of benzene rings is 2. The molecule has 148 valence electrons. The molecule has 2 aromatic rings. The Balaban J connectivity index is 1.72. The fourth-order valence-electron chi connectivity index (χ4n) is 3.34. The minimum absolute atomic E-state index is 0.139. The zero-order chi connectivity index (χ0) is 19.9. The van der Waals surface area contributed by atoms with Gasteiger partial charge in [-0.15, -0.1) is 0 Å². The third-order valence-electron chi connectivity index (χ3n) is 4.78. The fraction of sp³-hybridized carbons (Fsp3) is 0.364. The molecule has 1 unspecified atom stereocenters. The van der Waals surface area contributed by atoms with Gasteiger partial charge in [0.15, 0.2) is 0 Å². The number of hydrogen-bond donors (Lipinski definition) is 2. The van der Waals surface area contributed by atoms with E-state index in [9.17, 15) is 9.59 Å². The number of nitrogens with one attached hydrogen (secondary N) is 2. The monoisotopic (exact) mass is 381 g/mol. The van der Waals surface area contributed by atoms with Gasteiger partial charge in [-0.05, 0) is 24.6 Å². The molecule has 1 aliphatic heterocycles. The van der Waals surface area contributed by atoms with Gasteiger partial charge in [-0.25, -0.2) is 0 Å². The number of ether oxygens (including phenoxy) is 1. The normalized spacial score (nSPS) is 15.0. The number of morpholine rings is 1. The average molecular weight is 381 g/mol. The Hall–Kier alpha value is -2.86. The molecule has 0 spiro atoms. The standard InChI is InChI=1S/C22H27N3O3/c1-16-7-9-18(10-8-16)20(23-17(2)26)15-22(27)24-19-5-3-4-6-21(19)25-11-13-28-14-12-25/h3-10,20H,11-15H2,1-2H3,(H,23,26)(H,24,27). The predicted molar refractivity (Wildman–Crippen MR) is 110 cm³/mol. The van der Waals surface area contributed by atoms with Gasteiger partial charge in [-0.3, -0.25) is 9.59 Å². The Morgan fingerprint density at radius 2 is 1.75 bits per heavy atom. The summed E-state index contributed by atoms with van der Waals surface area (Å²) in [5, 5.41) is 5.90. The van der Waals surface area contributed by atoms with Crippen molar-refractivity contribution < 1.29 is 14.3 Å². The van der Waals surface area contributed by atoms with Gasteiger partial charge in [-0.2, -0.15) is 0 Å². The lowest BCUT2D eigenvalue weighted by Gasteiger charge is -2.30. The molecule has 28 heavy (non-hydrogen) atoms. The summed E-state index contributed by atoms with van der Waals surface area (Å²) in [6, 6.07) is 15.3. The third-order valence-corrected chi connectivity index (χ3v) is 4.78. The van der Waals surface area contributed by atoms with Crippen molar-refractivity contribution in [3.05, 3.63) is 59.7 Å². The quantitative estimate of drug-likeness (QED) is 0.807. The van der Waals surface area contributed by atoms with E-state index in [-0.39, 0.29) is 24.3 Å². The molecule has 0 bridgehead atoms. The maximum absolute atomic E-state index is 12.8. The summed E-state index contributed by atoms with van der Waals surface area (Å²) in [6.07, 6.45) is 0.167. The van der Waals surface area contributed by atoms with Gasteiger partial charge in [0.25, 0.3) is 0 Å². The first-order valence-corrected chi connectivity index (χ1v) is 9.58. The molecule has 1 atom stereocenters. The van der Waals surface area contributed by atoms with Crippen LogP contribution < -0.4 is 15.5 Å². The summed E-state index contributed by atoms with van der Waals surface area (Å²) >= 11 is 0. The molecule has 1 aliphatic rings. The molecule has 1 heterocycles. The molecule has 1 saturated heterocycles. The van der Waals surface area contributed by atoms with Gasteiger partial charge in [0, 0.05) is 20.0 Å². The molecule has 0 saturated carbocycles. The highest BCUT2D eigenvalue weighted by molar-refractivity contribution is 5.95. The summed E-state index contributed by atoms with van der Waals surface area (Å²) < 4.78 is 5.42. The molecular weight excluding hydrogens is 354 g/mol. The summed E-state index contributed by atoms with van der Waals surface area (Å²) in [6.45, 7) is 6.43. The van der Waals surface area contributed by atoms with Gasteiger partial charge in [0.1, 0.15) is 0 Å². The molecule has 0 aliphatic carbocycles. The lowest BCUT2D eigenvalue weighted by Crippen LogP contribution is -2.37. The van der Waals surface area contributed by atoms with Crippen LogP contribution in [0.4, 0.5) is 11.4 Å². The zero-order valence-corrected chi connectivity index (χ0v) is 16.4. The summed E-state index contributed by atoms with van der Waals surface area (Å²) in [4.78, 5) is 26.6. The molecule has 6 heteroatoms. The maximum Gasteiger partial charge on any atom is 0.226 e. The molecule has 3 rings (SSSR count). The van der Waals surface area contributed by atoms with Gasteiger partial charge < -0.3 is 20.3 Å². The lowest BCUT2D eigenvalue weighted by atomic mass is 10.0. The van der Waals surface area contributed by atoms with E-state index in [1.807, 2.05) is 55.5 Å². The molecule has 2 N–H and O–H groups in total. The van der Waals surface area contributed by atoms with E-state index in [0.717, 1.165) is 35.6 Å². The van der Waals surface area contributed by atoms with Crippen LogP contribution in [0, 0.1) is 6.92 Å².